The number of aryl methyl sites for hydroxylation is 1. The van der Waals surface area contributed by atoms with Gasteiger partial charge >= 0.3 is 0 Å². The van der Waals surface area contributed by atoms with Crippen LogP contribution in [0.1, 0.15) is 24.4 Å². The van der Waals surface area contributed by atoms with Gasteiger partial charge in [-0.3, -0.25) is 0 Å². The van der Waals surface area contributed by atoms with Gasteiger partial charge in [0, 0.05) is 12.7 Å². The molecule has 0 aliphatic heterocycles. The summed E-state index contributed by atoms with van der Waals surface area (Å²) in [7, 11) is 0. The van der Waals surface area contributed by atoms with E-state index in [1.807, 2.05) is 30.9 Å². The highest BCUT2D eigenvalue weighted by molar-refractivity contribution is 7.98. The standard InChI is InChI=1S/C11H19N3S/c1-10-13-7-5-11(14-10)9-12-6-3-4-8-15-2/h5,7,12H,3-4,6,8-9H2,1-2H3. The average Bonchev–Trinajstić information content (AvgIpc) is 2.23. The Labute approximate surface area is 96.1 Å². The van der Waals surface area contributed by atoms with Gasteiger partial charge in [0.05, 0.1) is 5.69 Å². The van der Waals surface area contributed by atoms with E-state index in [4.69, 9.17) is 0 Å². The van der Waals surface area contributed by atoms with Gasteiger partial charge in [-0.2, -0.15) is 11.8 Å². The van der Waals surface area contributed by atoms with E-state index in [1.165, 1.54) is 18.6 Å². The molecule has 0 amide bonds. The summed E-state index contributed by atoms with van der Waals surface area (Å²) in [5, 5.41) is 3.39. The minimum atomic E-state index is 0.844. The van der Waals surface area contributed by atoms with E-state index in [0.29, 0.717) is 0 Å². The predicted molar refractivity (Wildman–Crippen MR) is 66.1 cm³/mol. The molecule has 0 radical (unpaired) electrons. The first-order valence-electron chi connectivity index (χ1n) is 5.31. The molecular weight excluding hydrogens is 206 g/mol. The summed E-state index contributed by atoms with van der Waals surface area (Å²) in [5.74, 6) is 2.10. The van der Waals surface area contributed by atoms with Gasteiger partial charge in [-0.25, -0.2) is 9.97 Å². The Morgan fingerprint density at radius 2 is 2.27 bits per heavy atom. The quantitative estimate of drug-likeness (QED) is 0.720. The molecule has 0 spiro atoms. The zero-order chi connectivity index (χ0) is 10.9. The fourth-order valence-corrected chi connectivity index (χ4v) is 1.81. The fourth-order valence-electron chi connectivity index (χ4n) is 1.32. The predicted octanol–water partition coefficient (Wildman–Crippen LogP) is 2.02. The summed E-state index contributed by atoms with van der Waals surface area (Å²) >= 11 is 1.91. The van der Waals surface area contributed by atoms with Gasteiger partial charge in [0.1, 0.15) is 5.82 Å². The van der Waals surface area contributed by atoms with E-state index in [-0.39, 0.29) is 0 Å². The second kappa shape index (κ2) is 7.65. The Balaban J connectivity index is 2.10. The van der Waals surface area contributed by atoms with Crippen LogP contribution in [0.15, 0.2) is 12.3 Å². The second-order valence-corrected chi connectivity index (χ2v) is 4.46. The van der Waals surface area contributed by atoms with Crippen molar-refractivity contribution in [3.63, 3.8) is 0 Å². The molecule has 4 heteroatoms. The zero-order valence-electron chi connectivity index (χ0n) is 9.49. The van der Waals surface area contributed by atoms with Crippen LogP contribution in [0.4, 0.5) is 0 Å². The van der Waals surface area contributed by atoms with E-state index >= 15 is 0 Å². The van der Waals surface area contributed by atoms with Gasteiger partial charge in [-0.05, 0) is 44.4 Å². The van der Waals surface area contributed by atoms with Gasteiger partial charge in [0.15, 0.2) is 0 Å². The van der Waals surface area contributed by atoms with Crippen LogP contribution in [0.2, 0.25) is 0 Å². The summed E-state index contributed by atoms with van der Waals surface area (Å²) in [6, 6.07) is 1.96. The number of hydrogen-bond donors (Lipinski definition) is 1. The molecular formula is C11H19N3S. The molecule has 3 nitrogen and oxygen atoms in total. The maximum atomic E-state index is 4.33. The molecule has 0 fully saturated rings. The lowest BCUT2D eigenvalue weighted by Crippen LogP contribution is -2.16. The highest BCUT2D eigenvalue weighted by Crippen LogP contribution is 1.98. The summed E-state index contributed by atoms with van der Waals surface area (Å²) in [4.78, 5) is 8.40. The first-order valence-corrected chi connectivity index (χ1v) is 6.70. The molecule has 0 atom stereocenters. The lowest BCUT2D eigenvalue weighted by Gasteiger charge is -2.04. The first-order chi connectivity index (χ1) is 7.33. The van der Waals surface area contributed by atoms with Crippen molar-refractivity contribution in [1.29, 1.82) is 0 Å². The van der Waals surface area contributed by atoms with E-state index in [9.17, 15) is 0 Å². The molecule has 1 heterocycles. The Kier molecular flexibility index (Phi) is 6.36. The number of nitrogens with zero attached hydrogens (tertiary/aromatic N) is 2. The van der Waals surface area contributed by atoms with Crippen molar-refractivity contribution < 1.29 is 0 Å². The van der Waals surface area contributed by atoms with Crippen molar-refractivity contribution in [3.8, 4) is 0 Å². The van der Waals surface area contributed by atoms with Crippen LogP contribution in [-0.2, 0) is 6.54 Å². The third-order valence-electron chi connectivity index (χ3n) is 2.09. The van der Waals surface area contributed by atoms with Gasteiger partial charge in [0.2, 0.25) is 0 Å². The molecule has 1 aromatic heterocycles. The number of unbranched alkanes of at least 4 members (excludes halogenated alkanes) is 1. The average molecular weight is 225 g/mol. The monoisotopic (exact) mass is 225 g/mol. The normalized spacial score (nSPS) is 10.5. The largest absolute Gasteiger partial charge is 0.311 e. The maximum absolute atomic E-state index is 4.33. The molecule has 1 aromatic rings. The highest BCUT2D eigenvalue weighted by atomic mass is 32.2. The number of rotatable bonds is 7. The third-order valence-corrected chi connectivity index (χ3v) is 2.79. The van der Waals surface area contributed by atoms with Gasteiger partial charge < -0.3 is 5.32 Å². The summed E-state index contributed by atoms with van der Waals surface area (Å²) in [6.07, 6.45) is 6.49. The van der Waals surface area contributed by atoms with Crippen molar-refractivity contribution in [3.05, 3.63) is 23.8 Å². The second-order valence-electron chi connectivity index (χ2n) is 3.47. The minimum absolute atomic E-state index is 0.844. The molecule has 0 aliphatic carbocycles. The van der Waals surface area contributed by atoms with E-state index in [0.717, 1.165) is 24.6 Å². The van der Waals surface area contributed by atoms with Crippen molar-refractivity contribution in [2.75, 3.05) is 18.6 Å². The molecule has 0 aromatic carbocycles. The lowest BCUT2D eigenvalue weighted by atomic mass is 10.3. The van der Waals surface area contributed by atoms with E-state index in [2.05, 4.69) is 21.5 Å². The topological polar surface area (TPSA) is 37.8 Å². The Hall–Kier alpha value is -0.610. The van der Waals surface area contributed by atoms with Crippen LogP contribution >= 0.6 is 11.8 Å². The van der Waals surface area contributed by atoms with Gasteiger partial charge in [-0.1, -0.05) is 0 Å². The molecule has 0 unspecified atom stereocenters. The molecule has 0 aliphatic rings. The van der Waals surface area contributed by atoms with Crippen molar-refractivity contribution in [1.82, 2.24) is 15.3 Å². The van der Waals surface area contributed by atoms with E-state index in [1.54, 1.807) is 0 Å². The van der Waals surface area contributed by atoms with Gasteiger partial charge in [0.25, 0.3) is 0 Å². The van der Waals surface area contributed by atoms with Crippen LogP contribution < -0.4 is 5.32 Å². The SMILES string of the molecule is CSCCCCNCc1ccnc(C)n1. The van der Waals surface area contributed by atoms with Crippen molar-refractivity contribution in [2.24, 2.45) is 0 Å². The molecule has 84 valence electrons. The first kappa shape index (κ1) is 12.5. The molecule has 0 saturated heterocycles. The van der Waals surface area contributed by atoms with Crippen molar-refractivity contribution in [2.45, 2.75) is 26.3 Å². The molecule has 1 rings (SSSR count). The zero-order valence-corrected chi connectivity index (χ0v) is 10.3. The Morgan fingerprint density at radius 3 is 3.00 bits per heavy atom. The minimum Gasteiger partial charge on any atom is -0.311 e. The van der Waals surface area contributed by atoms with Crippen molar-refractivity contribution >= 4 is 11.8 Å². The third kappa shape index (κ3) is 5.74. The maximum Gasteiger partial charge on any atom is 0.125 e. The molecule has 15 heavy (non-hydrogen) atoms. The molecule has 0 saturated carbocycles. The van der Waals surface area contributed by atoms with Crippen LogP contribution in [0.5, 0.6) is 0 Å². The smallest absolute Gasteiger partial charge is 0.125 e. The summed E-state index contributed by atoms with van der Waals surface area (Å²) < 4.78 is 0. The lowest BCUT2D eigenvalue weighted by molar-refractivity contribution is 0.633. The summed E-state index contributed by atoms with van der Waals surface area (Å²) in [5.41, 5.74) is 1.08. The van der Waals surface area contributed by atoms with Gasteiger partial charge in [-0.15, -0.1) is 0 Å². The fraction of sp³-hybridized carbons (Fsp3) is 0.636. The Morgan fingerprint density at radius 1 is 1.40 bits per heavy atom. The number of aromatic nitrogens is 2. The number of hydrogen-bond acceptors (Lipinski definition) is 4. The van der Waals surface area contributed by atoms with E-state index < -0.39 is 0 Å². The van der Waals surface area contributed by atoms with Crippen LogP contribution in [0.3, 0.4) is 0 Å². The van der Waals surface area contributed by atoms with Crippen LogP contribution in [0, 0.1) is 6.92 Å². The van der Waals surface area contributed by atoms with Crippen LogP contribution in [0.25, 0.3) is 0 Å². The highest BCUT2D eigenvalue weighted by Gasteiger charge is 1.94. The number of nitrogens with one attached hydrogen (secondary N) is 1. The molecule has 1 N–H and O–H groups in total. The summed E-state index contributed by atoms with van der Waals surface area (Å²) in [6.45, 7) is 3.84. The number of thioether (sulfide) groups is 1. The Bertz CT molecular complexity index is 278. The molecule has 0 bridgehead atoms. The van der Waals surface area contributed by atoms with Crippen LogP contribution in [-0.4, -0.2) is 28.5 Å².